The van der Waals surface area contributed by atoms with E-state index < -0.39 is 0 Å². The second-order valence-corrected chi connectivity index (χ2v) is 7.07. The molecular formula is C19H18N2OS2. The number of thioether (sulfide) groups is 2. The van der Waals surface area contributed by atoms with Crippen molar-refractivity contribution in [3.05, 3.63) is 70.5 Å². The molecule has 0 fully saturated rings. The minimum atomic E-state index is -0.0675. The summed E-state index contributed by atoms with van der Waals surface area (Å²) in [5, 5.41) is 0.729. The third-order valence-electron chi connectivity index (χ3n) is 3.74. The van der Waals surface area contributed by atoms with Crippen molar-refractivity contribution in [1.82, 2.24) is 9.55 Å². The van der Waals surface area contributed by atoms with Gasteiger partial charge in [-0.15, -0.1) is 23.5 Å². The first-order valence-corrected chi connectivity index (χ1v) is 9.97. The van der Waals surface area contributed by atoms with Crippen LogP contribution in [0.2, 0.25) is 0 Å². The minimum absolute atomic E-state index is 0.0675. The lowest BCUT2D eigenvalue weighted by atomic mass is 10.2. The van der Waals surface area contributed by atoms with E-state index in [4.69, 9.17) is 4.98 Å². The van der Waals surface area contributed by atoms with Gasteiger partial charge in [0.15, 0.2) is 0 Å². The van der Waals surface area contributed by atoms with Gasteiger partial charge in [0.05, 0.1) is 5.69 Å². The summed E-state index contributed by atoms with van der Waals surface area (Å²) >= 11 is 3.17. The summed E-state index contributed by atoms with van der Waals surface area (Å²) in [5.41, 5.74) is 2.85. The zero-order valence-electron chi connectivity index (χ0n) is 13.8. The molecule has 0 unspecified atom stereocenters. The Morgan fingerprint density at radius 3 is 2.17 bits per heavy atom. The van der Waals surface area contributed by atoms with Gasteiger partial charge in [0.2, 0.25) is 0 Å². The molecular weight excluding hydrogens is 336 g/mol. The molecule has 0 N–H and O–H groups in total. The number of benzene rings is 2. The normalized spacial score (nSPS) is 10.8. The molecule has 122 valence electrons. The Labute approximate surface area is 150 Å². The van der Waals surface area contributed by atoms with Crippen molar-refractivity contribution < 1.29 is 0 Å². The third-order valence-corrected chi connectivity index (χ3v) is 5.12. The summed E-state index contributed by atoms with van der Waals surface area (Å²) in [5.74, 6) is 0.670. The largest absolute Gasteiger partial charge is 0.269 e. The number of nitrogens with zero attached hydrogens (tertiary/aromatic N) is 2. The average molecular weight is 355 g/mol. The lowest BCUT2D eigenvalue weighted by Crippen LogP contribution is -2.21. The Morgan fingerprint density at radius 1 is 0.917 bits per heavy atom. The van der Waals surface area contributed by atoms with E-state index in [-0.39, 0.29) is 5.56 Å². The van der Waals surface area contributed by atoms with Gasteiger partial charge >= 0.3 is 0 Å². The molecule has 0 radical (unpaired) electrons. The average Bonchev–Trinajstić information content (AvgIpc) is 2.62. The van der Waals surface area contributed by atoms with E-state index in [0.717, 1.165) is 21.8 Å². The van der Waals surface area contributed by atoms with Crippen molar-refractivity contribution in [2.45, 2.75) is 16.8 Å². The van der Waals surface area contributed by atoms with Gasteiger partial charge in [0.25, 0.3) is 5.56 Å². The molecule has 0 spiro atoms. The van der Waals surface area contributed by atoms with Crippen molar-refractivity contribution in [3.8, 4) is 17.1 Å². The van der Waals surface area contributed by atoms with E-state index in [1.807, 2.05) is 55.8 Å². The van der Waals surface area contributed by atoms with Crippen LogP contribution in [0.25, 0.3) is 17.1 Å². The van der Waals surface area contributed by atoms with E-state index in [1.54, 1.807) is 22.4 Å². The minimum Gasteiger partial charge on any atom is -0.269 e. The fourth-order valence-electron chi connectivity index (χ4n) is 2.44. The lowest BCUT2D eigenvalue weighted by molar-refractivity contribution is 0.904. The van der Waals surface area contributed by atoms with Crippen LogP contribution in [0.4, 0.5) is 0 Å². The van der Waals surface area contributed by atoms with Gasteiger partial charge in [-0.25, -0.2) is 4.98 Å². The Bertz CT molecular complexity index is 900. The Kier molecular flexibility index (Phi) is 5.11. The molecule has 0 aliphatic heterocycles. The van der Waals surface area contributed by atoms with Crippen LogP contribution in [0.1, 0.15) is 5.56 Å². The second kappa shape index (κ2) is 7.28. The number of aryl methyl sites for hydroxylation is 1. The molecule has 3 nitrogen and oxygen atoms in total. The maximum Gasteiger partial charge on any atom is 0.259 e. The summed E-state index contributed by atoms with van der Waals surface area (Å²) in [6.07, 6.45) is 3.97. The molecule has 0 saturated carbocycles. The van der Waals surface area contributed by atoms with E-state index in [2.05, 4.69) is 12.1 Å². The molecule has 24 heavy (non-hydrogen) atoms. The van der Waals surface area contributed by atoms with Crippen LogP contribution < -0.4 is 5.56 Å². The first-order chi connectivity index (χ1) is 11.6. The van der Waals surface area contributed by atoms with Gasteiger partial charge in [0.1, 0.15) is 10.9 Å². The Hall–Kier alpha value is -1.98. The fraction of sp³-hybridized carbons (Fsp3) is 0.158. The molecule has 1 heterocycles. The summed E-state index contributed by atoms with van der Waals surface area (Å²) in [7, 11) is 0. The first-order valence-electron chi connectivity index (χ1n) is 7.52. The lowest BCUT2D eigenvalue weighted by Gasteiger charge is -2.14. The zero-order valence-corrected chi connectivity index (χ0v) is 15.4. The van der Waals surface area contributed by atoms with Crippen molar-refractivity contribution >= 4 is 23.5 Å². The molecule has 1 aromatic heterocycles. The highest BCUT2D eigenvalue weighted by atomic mass is 32.2. The molecule has 2 aromatic carbocycles. The molecule has 0 aliphatic rings. The fourth-order valence-corrected chi connectivity index (χ4v) is 3.25. The molecule has 5 heteroatoms. The first kappa shape index (κ1) is 16.9. The summed E-state index contributed by atoms with van der Waals surface area (Å²) in [6, 6.07) is 17.6. The predicted octanol–water partition coefficient (Wildman–Crippen LogP) is 4.65. The van der Waals surface area contributed by atoms with E-state index >= 15 is 0 Å². The van der Waals surface area contributed by atoms with Crippen LogP contribution in [0.3, 0.4) is 0 Å². The monoisotopic (exact) mass is 354 g/mol. The number of rotatable bonds is 4. The molecule has 0 saturated heterocycles. The van der Waals surface area contributed by atoms with Crippen LogP contribution in [0, 0.1) is 6.92 Å². The summed E-state index contributed by atoms with van der Waals surface area (Å²) in [4.78, 5) is 18.6. The molecule has 0 atom stereocenters. The molecule has 3 aromatic rings. The van der Waals surface area contributed by atoms with E-state index in [1.165, 1.54) is 16.7 Å². The summed E-state index contributed by atoms with van der Waals surface area (Å²) < 4.78 is 1.67. The molecule has 0 aliphatic carbocycles. The molecule has 0 bridgehead atoms. The Morgan fingerprint density at radius 2 is 1.58 bits per heavy atom. The number of aromatic nitrogens is 2. The standard InChI is InChI=1S/C19H18N2OS2/c1-13-4-8-15(9-5-13)21-18(22)12-17(24-3)20-19(21)14-6-10-16(23-2)11-7-14/h4-12H,1-3H3. The van der Waals surface area contributed by atoms with Gasteiger partial charge in [-0.3, -0.25) is 9.36 Å². The van der Waals surface area contributed by atoms with Crippen molar-refractivity contribution in [3.63, 3.8) is 0 Å². The van der Waals surface area contributed by atoms with Crippen molar-refractivity contribution in [2.24, 2.45) is 0 Å². The van der Waals surface area contributed by atoms with Crippen molar-refractivity contribution in [2.75, 3.05) is 12.5 Å². The second-order valence-electron chi connectivity index (χ2n) is 5.36. The smallest absolute Gasteiger partial charge is 0.259 e. The van der Waals surface area contributed by atoms with E-state index in [9.17, 15) is 4.79 Å². The zero-order chi connectivity index (χ0) is 17.1. The van der Waals surface area contributed by atoms with Gasteiger partial charge in [-0.1, -0.05) is 29.8 Å². The summed E-state index contributed by atoms with van der Waals surface area (Å²) in [6.45, 7) is 2.03. The predicted molar refractivity (Wildman–Crippen MR) is 104 cm³/mol. The van der Waals surface area contributed by atoms with Gasteiger partial charge < -0.3 is 0 Å². The molecule has 0 amide bonds. The number of hydrogen-bond acceptors (Lipinski definition) is 4. The topological polar surface area (TPSA) is 34.9 Å². The Balaban J connectivity index is 2.23. The maximum absolute atomic E-state index is 12.7. The van der Waals surface area contributed by atoms with Gasteiger partial charge in [-0.05, 0) is 43.7 Å². The van der Waals surface area contributed by atoms with Crippen molar-refractivity contribution in [1.29, 1.82) is 0 Å². The van der Waals surface area contributed by atoms with Crippen LogP contribution in [-0.2, 0) is 0 Å². The quantitative estimate of drug-likeness (QED) is 0.504. The highest BCUT2D eigenvalue weighted by Gasteiger charge is 2.12. The third kappa shape index (κ3) is 3.42. The number of hydrogen-bond donors (Lipinski definition) is 0. The highest BCUT2D eigenvalue weighted by molar-refractivity contribution is 7.98. The van der Waals surface area contributed by atoms with Crippen LogP contribution in [-0.4, -0.2) is 22.1 Å². The van der Waals surface area contributed by atoms with Crippen LogP contribution >= 0.6 is 23.5 Å². The van der Waals surface area contributed by atoms with Crippen LogP contribution in [0.15, 0.2) is 69.3 Å². The highest BCUT2D eigenvalue weighted by Crippen LogP contribution is 2.24. The van der Waals surface area contributed by atoms with Gasteiger partial charge in [-0.2, -0.15) is 0 Å². The van der Waals surface area contributed by atoms with E-state index in [0.29, 0.717) is 5.82 Å². The molecule has 3 rings (SSSR count). The maximum atomic E-state index is 12.7. The SMILES string of the molecule is CSc1ccc(-c2nc(SC)cc(=O)n2-c2ccc(C)cc2)cc1. The van der Waals surface area contributed by atoms with Crippen LogP contribution in [0.5, 0.6) is 0 Å². The van der Waals surface area contributed by atoms with Gasteiger partial charge in [0, 0.05) is 16.5 Å².